The van der Waals surface area contributed by atoms with E-state index in [-0.39, 0.29) is 15.6 Å². The van der Waals surface area contributed by atoms with Crippen molar-refractivity contribution in [2.75, 3.05) is 4.31 Å². The van der Waals surface area contributed by atoms with Crippen molar-refractivity contribution in [3.8, 4) is 6.19 Å². The van der Waals surface area contributed by atoms with E-state index in [1.165, 1.54) is 42.5 Å². The number of anilines is 1. The van der Waals surface area contributed by atoms with Gasteiger partial charge in [-0.25, -0.2) is 0 Å². The van der Waals surface area contributed by atoms with Gasteiger partial charge in [0.05, 0.1) is 10.7 Å². The predicted octanol–water partition coefficient (Wildman–Crippen LogP) is 3.67. The summed E-state index contributed by atoms with van der Waals surface area (Å²) in [5.74, 6) is 0. The van der Waals surface area contributed by atoms with Gasteiger partial charge in [-0.3, -0.25) is 0 Å². The molecule has 0 amide bonds. The number of hydrogen-bond donors (Lipinski definition) is 0. The molecule has 0 unspecified atom stereocenters. The molecule has 0 bridgehead atoms. The molecule has 7 heteroatoms. The Bertz CT molecular complexity index is 768. The number of benzene rings is 2. The molecule has 2 aromatic rings. The number of nitrogens with zero attached hydrogens (tertiary/aromatic N) is 2. The molecule has 0 atom stereocenters. The van der Waals surface area contributed by atoms with Gasteiger partial charge in [0.1, 0.15) is 4.90 Å². The van der Waals surface area contributed by atoms with Crippen LogP contribution < -0.4 is 4.31 Å². The molecule has 102 valence electrons. The number of nitriles is 1. The standard InChI is InChI=1S/C13H8Cl2N2O2S/c14-10-5-7-11(8-6-10)17(9-16)20(18,19)13-4-2-1-3-12(13)15/h1-8H. The van der Waals surface area contributed by atoms with Crippen LogP contribution in [0.15, 0.2) is 53.4 Å². The zero-order valence-corrected chi connectivity index (χ0v) is 12.3. The highest BCUT2D eigenvalue weighted by Crippen LogP contribution is 2.28. The van der Waals surface area contributed by atoms with Gasteiger partial charge in [0.15, 0.2) is 6.19 Å². The molecule has 20 heavy (non-hydrogen) atoms. The highest BCUT2D eigenvalue weighted by Gasteiger charge is 2.27. The lowest BCUT2D eigenvalue weighted by molar-refractivity contribution is 0.596. The quantitative estimate of drug-likeness (QED) is 0.638. The van der Waals surface area contributed by atoms with Crippen molar-refractivity contribution in [2.45, 2.75) is 4.90 Å². The lowest BCUT2D eigenvalue weighted by atomic mass is 10.3. The molecule has 0 spiro atoms. The Morgan fingerprint density at radius 1 is 1.00 bits per heavy atom. The van der Waals surface area contributed by atoms with Crippen molar-refractivity contribution in [1.29, 1.82) is 5.26 Å². The normalized spacial score (nSPS) is 10.8. The first-order valence-corrected chi connectivity index (χ1v) is 7.61. The smallest absolute Gasteiger partial charge is 0.200 e. The van der Waals surface area contributed by atoms with Gasteiger partial charge in [-0.1, -0.05) is 35.3 Å². The van der Waals surface area contributed by atoms with Crippen LogP contribution in [-0.2, 0) is 10.0 Å². The largest absolute Gasteiger partial charge is 0.278 e. The molecule has 0 aliphatic heterocycles. The van der Waals surface area contributed by atoms with Crippen molar-refractivity contribution in [1.82, 2.24) is 0 Å². The molecular formula is C13H8Cl2N2O2S. The van der Waals surface area contributed by atoms with Crippen LogP contribution in [0.3, 0.4) is 0 Å². The molecule has 0 radical (unpaired) electrons. The van der Waals surface area contributed by atoms with Crippen LogP contribution in [0.1, 0.15) is 0 Å². The van der Waals surface area contributed by atoms with Gasteiger partial charge in [-0.05, 0) is 36.4 Å². The Hall–Kier alpha value is -1.74. The first kappa shape index (κ1) is 14.7. The van der Waals surface area contributed by atoms with Crippen LogP contribution in [0, 0.1) is 11.5 Å². The molecule has 0 fully saturated rings. The first-order valence-electron chi connectivity index (χ1n) is 5.42. The fourth-order valence-electron chi connectivity index (χ4n) is 1.58. The molecule has 0 saturated heterocycles. The van der Waals surface area contributed by atoms with E-state index < -0.39 is 10.0 Å². The van der Waals surface area contributed by atoms with Crippen molar-refractivity contribution < 1.29 is 8.42 Å². The maximum atomic E-state index is 12.5. The van der Waals surface area contributed by atoms with Crippen LogP contribution in [-0.4, -0.2) is 8.42 Å². The van der Waals surface area contributed by atoms with Gasteiger partial charge < -0.3 is 0 Å². The number of sulfonamides is 1. The zero-order chi connectivity index (χ0) is 14.8. The molecule has 0 aromatic heterocycles. The van der Waals surface area contributed by atoms with E-state index in [0.717, 1.165) is 0 Å². The summed E-state index contributed by atoms with van der Waals surface area (Å²) in [6.07, 6.45) is 1.65. The molecule has 0 heterocycles. The SMILES string of the molecule is N#CN(c1ccc(Cl)cc1)S(=O)(=O)c1ccccc1Cl. The third-order valence-corrected chi connectivity index (χ3v) is 4.89. The minimum atomic E-state index is -4.05. The fourth-order valence-corrected chi connectivity index (χ4v) is 3.40. The second kappa shape index (κ2) is 5.71. The molecule has 0 saturated carbocycles. The number of halogens is 2. The summed E-state index contributed by atoms with van der Waals surface area (Å²) in [6, 6.07) is 11.8. The van der Waals surface area contributed by atoms with Crippen LogP contribution in [0.4, 0.5) is 5.69 Å². The Morgan fingerprint density at radius 3 is 2.15 bits per heavy atom. The Labute approximate surface area is 126 Å². The maximum absolute atomic E-state index is 12.5. The Balaban J connectivity index is 2.55. The van der Waals surface area contributed by atoms with Gasteiger partial charge in [0.25, 0.3) is 10.0 Å². The topological polar surface area (TPSA) is 61.2 Å². The van der Waals surface area contributed by atoms with E-state index in [4.69, 9.17) is 28.5 Å². The summed E-state index contributed by atoms with van der Waals surface area (Å²) >= 11 is 11.6. The van der Waals surface area contributed by atoms with E-state index in [2.05, 4.69) is 0 Å². The molecule has 2 aromatic carbocycles. The van der Waals surface area contributed by atoms with Crippen molar-refractivity contribution >= 4 is 38.9 Å². The molecule has 4 nitrogen and oxygen atoms in total. The Kier molecular flexibility index (Phi) is 4.19. The van der Waals surface area contributed by atoms with Crippen molar-refractivity contribution in [3.63, 3.8) is 0 Å². The van der Waals surface area contributed by atoms with Gasteiger partial charge in [-0.2, -0.15) is 18.0 Å². The van der Waals surface area contributed by atoms with E-state index in [0.29, 0.717) is 9.33 Å². The summed E-state index contributed by atoms with van der Waals surface area (Å²) in [6.45, 7) is 0. The third kappa shape index (κ3) is 2.73. The fraction of sp³-hybridized carbons (Fsp3) is 0. The summed E-state index contributed by atoms with van der Waals surface area (Å²) in [4.78, 5) is -0.127. The summed E-state index contributed by atoms with van der Waals surface area (Å²) in [5, 5.41) is 9.66. The first-order chi connectivity index (χ1) is 9.46. The monoisotopic (exact) mass is 326 g/mol. The molecule has 0 aliphatic carbocycles. The molecule has 0 aliphatic rings. The van der Waals surface area contributed by atoms with Gasteiger partial charge >= 0.3 is 0 Å². The minimum absolute atomic E-state index is 0.0571. The van der Waals surface area contributed by atoms with Crippen molar-refractivity contribution in [2.24, 2.45) is 0 Å². The second-order valence-electron chi connectivity index (χ2n) is 3.78. The summed E-state index contributed by atoms with van der Waals surface area (Å²) in [7, 11) is -4.05. The summed E-state index contributed by atoms with van der Waals surface area (Å²) in [5.41, 5.74) is 0.191. The molecule has 2 rings (SSSR count). The highest BCUT2D eigenvalue weighted by molar-refractivity contribution is 7.93. The van der Waals surface area contributed by atoms with Gasteiger partial charge in [-0.15, -0.1) is 0 Å². The average molecular weight is 327 g/mol. The number of hydrogen-bond acceptors (Lipinski definition) is 3. The lowest BCUT2D eigenvalue weighted by Crippen LogP contribution is -2.26. The molecular weight excluding hydrogens is 319 g/mol. The van der Waals surface area contributed by atoms with E-state index in [1.54, 1.807) is 12.3 Å². The van der Waals surface area contributed by atoms with E-state index in [1.807, 2.05) is 0 Å². The average Bonchev–Trinajstić information content (AvgIpc) is 2.42. The number of rotatable bonds is 3. The van der Waals surface area contributed by atoms with Crippen LogP contribution in [0.5, 0.6) is 0 Å². The van der Waals surface area contributed by atoms with Crippen LogP contribution in [0.25, 0.3) is 0 Å². The maximum Gasteiger partial charge on any atom is 0.278 e. The van der Waals surface area contributed by atoms with Crippen molar-refractivity contribution in [3.05, 3.63) is 58.6 Å². The minimum Gasteiger partial charge on any atom is -0.200 e. The zero-order valence-electron chi connectivity index (χ0n) is 9.99. The molecule has 0 N–H and O–H groups in total. The van der Waals surface area contributed by atoms with Crippen LogP contribution >= 0.6 is 23.2 Å². The third-order valence-electron chi connectivity index (χ3n) is 2.51. The summed E-state index contributed by atoms with van der Waals surface area (Å²) < 4.78 is 25.5. The van der Waals surface area contributed by atoms with E-state index >= 15 is 0 Å². The lowest BCUT2D eigenvalue weighted by Gasteiger charge is -2.16. The highest BCUT2D eigenvalue weighted by atomic mass is 35.5. The predicted molar refractivity (Wildman–Crippen MR) is 78.2 cm³/mol. The Morgan fingerprint density at radius 2 is 1.60 bits per heavy atom. The van der Waals surface area contributed by atoms with Gasteiger partial charge in [0, 0.05) is 5.02 Å². The van der Waals surface area contributed by atoms with Gasteiger partial charge in [0.2, 0.25) is 0 Å². The second-order valence-corrected chi connectivity index (χ2v) is 6.38. The van der Waals surface area contributed by atoms with E-state index in [9.17, 15) is 8.42 Å². The van der Waals surface area contributed by atoms with Crippen LogP contribution in [0.2, 0.25) is 10.0 Å².